The lowest BCUT2D eigenvalue weighted by Crippen LogP contribution is -2.33. The van der Waals surface area contributed by atoms with Crippen LogP contribution in [0.3, 0.4) is 0 Å². The second-order valence-electron chi connectivity index (χ2n) is 5.90. The van der Waals surface area contributed by atoms with Gasteiger partial charge in [-0.05, 0) is 45.7 Å². The van der Waals surface area contributed by atoms with Gasteiger partial charge < -0.3 is 4.90 Å². The Morgan fingerprint density at radius 3 is 2.12 bits per heavy atom. The molecule has 0 aliphatic rings. The molecule has 0 saturated heterocycles. The van der Waals surface area contributed by atoms with Gasteiger partial charge in [0.05, 0.1) is 16.8 Å². The lowest BCUT2D eigenvalue weighted by Gasteiger charge is -2.22. The lowest BCUT2D eigenvalue weighted by atomic mass is 10.1. The van der Waals surface area contributed by atoms with E-state index in [1.54, 1.807) is 26.0 Å². The largest absolute Gasteiger partial charge is 0.369 e. The smallest absolute Gasteiger partial charge is 0.302 e. The van der Waals surface area contributed by atoms with Crippen LogP contribution in [0, 0.1) is 20.8 Å². The van der Waals surface area contributed by atoms with Gasteiger partial charge in [-0.1, -0.05) is 29.3 Å². The van der Waals surface area contributed by atoms with Gasteiger partial charge in [-0.15, -0.1) is 4.09 Å². The first-order chi connectivity index (χ1) is 11.6. The zero-order chi connectivity index (χ0) is 18.9. The van der Waals surface area contributed by atoms with E-state index in [-0.39, 0.29) is 9.92 Å². The van der Waals surface area contributed by atoms with E-state index in [1.165, 1.54) is 6.20 Å². The average molecular weight is 384 g/mol. The molecule has 0 unspecified atom stereocenters. The third-order valence-corrected chi connectivity index (χ3v) is 6.30. The summed E-state index contributed by atoms with van der Waals surface area (Å²) in [5.74, 6) is 0. The molecule has 0 N–H and O–H groups in total. The van der Waals surface area contributed by atoms with Crippen LogP contribution in [0.5, 0.6) is 0 Å². The Morgan fingerprint density at radius 1 is 1.12 bits per heavy atom. The van der Waals surface area contributed by atoms with Crippen molar-refractivity contribution in [2.75, 3.05) is 18.0 Å². The lowest BCUT2D eigenvalue weighted by molar-refractivity contribution is 0.574. The molecule has 2 rings (SSSR count). The van der Waals surface area contributed by atoms with Gasteiger partial charge in [0, 0.05) is 13.1 Å². The first kappa shape index (κ1) is 19.5. The van der Waals surface area contributed by atoms with Crippen LogP contribution in [0.2, 0.25) is 5.02 Å². The van der Waals surface area contributed by atoms with E-state index >= 15 is 0 Å². The Labute approximate surface area is 153 Å². The molecule has 6 nitrogen and oxygen atoms in total. The van der Waals surface area contributed by atoms with Gasteiger partial charge in [0.2, 0.25) is 0 Å². The Morgan fingerprint density at radius 2 is 1.64 bits per heavy atom. The molecule has 0 fully saturated rings. The summed E-state index contributed by atoms with van der Waals surface area (Å²) in [6.45, 7) is 10.4. The van der Waals surface area contributed by atoms with Gasteiger partial charge in [-0.2, -0.15) is 13.5 Å². The van der Waals surface area contributed by atoms with Crippen LogP contribution >= 0.6 is 11.6 Å². The number of rotatable bonds is 5. The summed E-state index contributed by atoms with van der Waals surface area (Å²) in [5.41, 5.74) is 1.67. The average Bonchev–Trinajstić information content (AvgIpc) is 2.50. The van der Waals surface area contributed by atoms with E-state index in [9.17, 15) is 13.2 Å². The molecule has 1 heterocycles. The Balaban J connectivity index is 2.71. The van der Waals surface area contributed by atoms with Crippen molar-refractivity contribution in [2.45, 2.75) is 39.5 Å². The van der Waals surface area contributed by atoms with Gasteiger partial charge in [0.15, 0.2) is 0 Å². The van der Waals surface area contributed by atoms with E-state index in [2.05, 4.69) is 5.10 Å². The Kier molecular flexibility index (Phi) is 5.58. The Bertz CT molecular complexity index is 941. The van der Waals surface area contributed by atoms with Crippen LogP contribution in [0.15, 0.2) is 28.0 Å². The topological polar surface area (TPSA) is 72.3 Å². The van der Waals surface area contributed by atoms with Crippen molar-refractivity contribution in [3.63, 3.8) is 0 Å². The van der Waals surface area contributed by atoms with Crippen LogP contribution in [0.25, 0.3) is 0 Å². The SMILES string of the molecule is CCN(CC)c1cnn(S(=O)(=O)c2c(C)cc(C)cc2C)c(=O)c1Cl. The van der Waals surface area contributed by atoms with E-state index in [0.29, 0.717) is 34.0 Å². The highest BCUT2D eigenvalue weighted by molar-refractivity contribution is 7.90. The number of aromatic nitrogens is 2. The summed E-state index contributed by atoms with van der Waals surface area (Å²) in [5, 5.41) is 3.75. The number of benzene rings is 1. The summed E-state index contributed by atoms with van der Waals surface area (Å²) >= 11 is 6.17. The highest BCUT2D eigenvalue weighted by atomic mass is 35.5. The first-order valence-electron chi connectivity index (χ1n) is 8.01. The summed E-state index contributed by atoms with van der Waals surface area (Å²) in [6.07, 6.45) is 1.33. The second kappa shape index (κ2) is 7.17. The maximum Gasteiger partial charge on any atom is 0.302 e. The number of aryl methyl sites for hydroxylation is 3. The van der Waals surface area contributed by atoms with E-state index < -0.39 is 15.6 Å². The number of nitrogens with zero attached hydrogens (tertiary/aromatic N) is 3. The molecule has 0 spiro atoms. The summed E-state index contributed by atoms with van der Waals surface area (Å²) in [7, 11) is -4.14. The van der Waals surface area contributed by atoms with Crippen molar-refractivity contribution in [1.82, 2.24) is 9.19 Å². The van der Waals surface area contributed by atoms with Gasteiger partial charge in [-0.25, -0.2) is 0 Å². The van der Waals surface area contributed by atoms with Gasteiger partial charge in [0.25, 0.3) is 10.0 Å². The quantitative estimate of drug-likeness (QED) is 0.793. The van der Waals surface area contributed by atoms with Crippen LogP contribution in [-0.2, 0) is 10.0 Å². The maximum absolute atomic E-state index is 13.0. The fourth-order valence-corrected chi connectivity index (χ4v) is 4.91. The molecule has 2 aromatic rings. The fraction of sp³-hybridized carbons (Fsp3) is 0.412. The third kappa shape index (κ3) is 3.43. The van der Waals surface area contributed by atoms with Crippen LogP contribution in [0.1, 0.15) is 30.5 Å². The molecular formula is C17H22ClN3O3S. The first-order valence-corrected chi connectivity index (χ1v) is 9.83. The zero-order valence-electron chi connectivity index (χ0n) is 15.0. The maximum atomic E-state index is 13.0. The summed E-state index contributed by atoms with van der Waals surface area (Å²) in [6, 6.07) is 3.52. The molecule has 25 heavy (non-hydrogen) atoms. The van der Waals surface area contributed by atoms with E-state index in [4.69, 9.17) is 11.6 Å². The van der Waals surface area contributed by atoms with Gasteiger partial charge >= 0.3 is 5.56 Å². The van der Waals surface area contributed by atoms with Crippen molar-refractivity contribution in [1.29, 1.82) is 0 Å². The molecule has 0 bridgehead atoms. The monoisotopic (exact) mass is 383 g/mol. The highest BCUT2D eigenvalue weighted by Gasteiger charge is 2.26. The standard InChI is InChI=1S/C17H22ClN3O3S/c1-6-20(7-2)14-10-19-21(17(22)15(14)18)25(23,24)16-12(4)8-11(3)9-13(16)5/h8-10H,6-7H2,1-5H3. The Hall–Kier alpha value is -1.86. The van der Waals surface area contributed by atoms with Crippen molar-refractivity contribution in [2.24, 2.45) is 0 Å². The van der Waals surface area contributed by atoms with Crippen molar-refractivity contribution in [3.8, 4) is 0 Å². The van der Waals surface area contributed by atoms with Crippen molar-refractivity contribution in [3.05, 3.63) is 50.4 Å². The number of halogens is 1. The third-order valence-electron chi connectivity index (χ3n) is 4.07. The fourth-order valence-electron chi connectivity index (χ4n) is 3.03. The minimum Gasteiger partial charge on any atom is -0.369 e. The minimum atomic E-state index is -4.14. The highest BCUT2D eigenvalue weighted by Crippen LogP contribution is 2.25. The predicted octanol–water partition coefficient (Wildman–Crippen LogP) is 2.91. The normalized spacial score (nSPS) is 11.6. The van der Waals surface area contributed by atoms with Crippen LogP contribution < -0.4 is 10.5 Å². The van der Waals surface area contributed by atoms with Crippen LogP contribution in [-0.4, -0.2) is 30.7 Å². The number of hydrogen-bond acceptors (Lipinski definition) is 5. The van der Waals surface area contributed by atoms with E-state index in [1.807, 2.05) is 25.7 Å². The van der Waals surface area contributed by atoms with Gasteiger partial charge in [-0.3, -0.25) is 4.79 Å². The zero-order valence-corrected chi connectivity index (χ0v) is 16.6. The number of hydrogen-bond donors (Lipinski definition) is 0. The predicted molar refractivity (Wildman–Crippen MR) is 100 cm³/mol. The molecule has 0 aliphatic heterocycles. The molecule has 1 aromatic carbocycles. The van der Waals surface area contributed by atoms with Crippen LogP contribution in [0.4, 0.5) is 5.69 Å². The van der Waals surface area contributed by atoms with Gasteiger partial charge in [0.1, 0.15) is 5.02 Å². The summed E-state index contributed by atoms with van der Waals surface area (Å²) in [4.78, 5) is 14.5. The van der Waals surface area contributed by atoms with Crippen molar-refractivity contribution >= 4 is 27.3 Å². The minimum absolute atomic E-state index is 0.0827. The molecule has 0 radical (unpaired) electrons. The molecular weight excluding hydrogens is 362 g/mol. The molecule has 1 aromatic heterocycles. The molecule has 136 valence electrons. The number of anilines is 1. The molecule has 0 amide bonds. The molecule has 8 heteroatoms. The molecule has 0 atom stereocenters. The second-order valence-corrected chi connectivity index (χ2v) is 7.98. The molecule has 0 aliphatic carbocycles. The summed E-state index contributed by atoms with van der Waals surface area (Å²) < 4.78 is 26.5. The van der Waals surface area contributed by atoms with E-state index in [0.717, 1.165) is 5.56 Å². The van der Waals surface area contributed by atoms with Crippen molar-refractivity contribution < 1.29 is 8.42 Å². The molecule has 0 saturated carbocycles.